The van der Waals surface area contributed by atoms with Crippen molar-refractivity contribution in [3.05, 3.63) is 59.5 Å². The fourth-order valence-corrected chi connectivity index (χ4v) is 3.00. The van der Waals surface area contributed by atoms with Gasteiger partial charge < -0.3 is 20.3 Å². The minimum absolute atomic E-state index is 0.211. The second kappa shape index (κ2) is 9.87. The highest BCUT2D eigenvalue weighted by Gasteiger charge is 2.15. The average molecular weight is 371 g/mol. The molecule has 1 saturated heterocycles. The predicted octanol–water partition coefficient (Wildman–Crippen LogP) is 1.96. The van der Waals surface area contributed by atoms with E-state index in [4.69, 9.17) is 4.74 Å². The first kappa shape index (κ1) is 19.1. The van der Waals surface area contributed by atoms with E-state index in [9.17, 15) is 4.39 Å². The SMILES string of the molecule is CN=C(NCCc1ccc(F)cc1)NCc1cccnc1N1CCOCC1. The molecule has 0 atom stereocenters. The quantitative estimate of drug-likeness (QED) is 0.601. The number of rotatable bonds is 6. The van der Waals surface area contributed by atoms with Crippen LogP contribution in [0.15, 0.2) is 47.6 Å². The molecule has 1 aromatic carbocycles. The fourth-order valence-electron chi connectivity index (χ4n) is 3.00. The van der Waals surface area contributed by atoms with Crippen LogP contribution >= 0.6 is 0 Å². The lowest BCUT2D eigenvalue weighted by atomic mass is 10.1. The number of ether oxygens (including phenoxy) is 1. The molecule has 0 spiro atoms. The van der Waals surface area contributed by atoms with Crippen LogP contribution < -0.4 is 15.5 Å². The molecule has 7 heteroatoms. The summed E-state index contributed by atoms with van der Waals surface area (Å²) in [4.78, 5) is 11.1. The van der Waals surface area contributed by atoms with E-state index in [2.05, 4.69) is 31.6 Å². The van der Waals surface area contributed by atoms with Crippen LogP contribution in [0.5, 0.6) is 0 Å². The number of guanidine groups is 1. The van der Waals surface area contributed by atoms with Crippen molar-refractivity contribution in [2.75, 3.05) is 44.8 Å². The van der Waals surface area contributed by atoms with Gasteiger partial charge in [0.05, 0.1) is 13.2 Å². The Morgan fingerprint density at radius 1 is 1.19 bits per heavy atom. The summed E-state index contributed by atoms with van der Waals surface area (Å²) in [7, 11) is 1.75. The van der Waals surface area contributed by atoms with Gasteiger partial charge in [0.15, 0.2) is 5.96 Å². The van der Waals surface area contributed by atoms with Crippen LogP contribution in [0, 0.1) is 5.82 Å². The number of nitrogens with one attached hydrogen (secondary N) is 2. The Kier molecular flexibility index (Phi) is 6.98. The van der Waals surface area contributed by atoms with Crippen molar-refractivity contribution < 1.29 is 9.13 Å². The van der Waals surface area contributed by atoms with Gasteiger partial charge in [-0.15, -0.1) is 0 Å². The number of hydrogen-bond donors (Lipinski definition) is 2. The number of nitrogens with zero attached hydrogens (tertiary/aromatic N) is 3. The van der Waals surface area contributed by atoms with E-state index in [1.807, 2.05) is 12.3 Å². The average Bonchev–Trinajstić information content (AvgIpc) is 2.73. The van der Waals surface area contributed by atoms with Gasteiger partial charge in [0.25, 0.3) is 0 Å². The molecule has 6 nitrogen and oxygen atoms in total. The molecule has 1 aliphatic heterocycles. The summed E-state index contributed by atoms with van der Waals surface area (Å²) in [6, 6.07) is 10.6. The number of aromatic nitrogens is 1. The lowest BCUT2D eigenvalue weighted by Gasteiger charge is -2.29. The molecule has 1 fully saturated rings. The predicted molar refractivity (Wildman–Crippen MR) is 106 cm³/mol. The van der Waals surface area contributed by atoms with Gasteiger partial charge in [-0.05, 0) is 30.2 Å². The van der Waals surface area contributed by atoms with E-state index in [0.29, 0.717) is 13.1 Å². The van der Waals surface area contributed by atoms with Gasteiger partial charge in [-0.1, -0.05) is 18.2 Å². The monoisotopic (exact) mass is 371 g/mol. The minimum atomic E-state index is -0.211. The summed E-state index contributed by atoms with van der Waals surface area (Å²) >= 11 is 0. The lowest BCUT2D eigenvalue weighted by Crippen LogP contribution is -2.40. The summed E-state index contributed by atoms with van der Waals surface area (Å²) in [5.41, 5.74) is 2.21. The van der Waals surface area contributed by atoms with E-state index >= 15 is 0 Å². The Morgan fingerprint density at radius 3 is 2.70 bits per heavy atom. The molecule has 3 rings (SSSR count). The molecular weight excluding hydrogens is 345 g/mol. The summed E-state index contributed by atoms with van der Waals surface area (Å²) in [6.07, 6.45) is 2.62. The number of hydrogen-bond acceptors (Lipinski definition) is 4. The zero-order valence-corrected chi connectivity index (χ0v) is 15.6. The Hall–Kier alpha value is -2.67. The van der Waals surface area contributed by atoms with Gasteiger partial charge in [-0.2, -0.15) is 0 Å². The Morgan fingerprint density at radius 2 is 1.96 bits per heavy atom. The minimum Gasteiger partial charge on any atom is -0.378 e. The first-order chi connectivity index (χ1) is 13.3. The van der Waals surface area contributed by atoms with E-state index in [-0.39, 0.29) is 5.82 Å². The molecule has 0 bridgehead atoms. The zero-order valence-electron chi connectivity index (χ0n) is 15.6. The standard InChI is InChI=1S/C20H26FN5O/c1-22-20(24-10-8-16-4-6-18(21)7-5-16)25-15-17-3-2-9-23-19(17)26-11-13-27-14-12-26/h2-7,9H,8,10-15H2,1H3,(H2,22,24,25). The molecule has 0 unspecified atom stereocenters. The van der Waals surface area contributed by atoms with Gasteiger partial charge in [0.2, 0.25) is 0 Å². The first-order valence-corrected chi connectivity index (χ1v) is 9.22. The van der Waals surface area contributed by atoms with Gasteiger partial charge in [-0.25, -0.2) is 9.37 Å². The number of pyridine rings is 1. The molecule has 0 radical (unpaired) electrons. The summed E-state index contributed by atoms with van der Waals surface area (Å²) in [6.45, 7) is 4.53. The molecule has 2 N–H and O–H groups in total. The zero-order chi connectivity index (χ0) is 18.9. The molecule has 2 aromatic rings. The lowest BCUT2D eigenvalue weighted by molar-refractivity contribution is 0.122. The highest BCUT2D eigenvalue weighted by atomic mass is 19.1. The third-order valence-electron chi connectivity index (χ3n) is 4.47. The highest BCUT2D eigenvalue weighted by molar-refractivity contribution is 5.79. The molecule has 0 aliphatic carbocycles. The van der Waals surface area contributed by atoms with Crippen molar-refractivity contribution in [2.45, 2.75) is 13.0 Å². The molecule has 144 valence electrons. The molecule has 1 aliphatic rings. The topological polar surface area (TPSA) is 61.8 Å². The largest absolute Gasteiger partial charge is 0.378 e. The molecule has 0 amide bonds. The van der Waals surface area contributed by atoms with Crippen molar-refractivity contribution in [3.8, 4) is 0 Å². The van der Waals surface area contributed by atoms with Gasteiger partial charge in [0, 0.05) is 45.0 Å². The van der Waals surface area contributed by atoms with Crippen LogP contribution in [0.2, 0.25) is 0 Å². The Bertz CT molecular complexity index is 744. The molecule has 27 heavy (non-hydrogen) atoms. The van der Waals surface area contributed by atoms with Crippen molar-refractivity contribution in [1.29, 1.82) is 0 Å². The molecular formula is C20H26FN5O. The number of halogens is 1. The van der Waals surface area contributed by atoms with Crippen molar-refractivity contribution in [3.63, 3.8) is 0 Å². The number of aliphatic imine (C=N–C) groups is 1. The number of anilines is 1. The molecule has 0 saturated carbocycles. The van der Waals surface area contributed by atoms with E-state index < -0.39 is 0 Å². The van der Waals surface area contributed by atoms with E-state index in [1.165, 1.54) is 12.1 Å². The van der Waals surface area contributed by atoms with Crippen LogP contribution in [0.3, 0.4) is 0 Å². The van der Waals surface area contributed by atoms with Gasteiger partial charge >= 0.3 is 0 Å². The van der Waals surface area contributed by atoms with Crippen LogP contribution in [-0.4, -0.2) is 50.8 Å². The third kappa shape index (κ3) is 5.65. The van der Waals surface area contributed by atoms with E-state index in [1.54, 1.807) is 19.2 Å². The van der Waals surface area contributed by atoms with Crippen LogP contribution in [-0.2, 0) is 17.7 Å². The second-order valence-electron chi connectivity index (χ2n) is 6.31. The Balaban J connectivity index is 1.51. The van der Waals surface area contributed by atoms with Gasteiger partial charge in [-0.3, -0.25) is 4.99 Å². The highest BCUT2D eigenvalue weighted by Crippen LogP contribution is 2.18. The number of benzene rings is 1. The summed E-state index contributed by atoms with van der Waals surface area (Å²) in [5, 5.41) is 6.63. The third-order valence-corrected chi connectivity index (χ3v) is 4.47. The van der Waals surface area contributed by atoms with Crippen LogP contribution in [0.4, 0.5) is 10.2 Å². The maximum absolute atomic E-state index is 13.0. The summed E-state index contributed by atoms with van der Waals surface area (Å²) < 4.78 is 18.4. The van der Waals surface area contributed by atoms with E-state index in [0.717, 1.165) is 55.6 Å². The van der Waals surface area contributed by atoms with Crippen molar-refractivity contribution in [2.24, 2.45) is 4.99 Å². The second-order valence-corrected chi connectivity index (χ2v) is 6.31. The van der Waals surface area contributed by atoms with Gasteiger partial charge in [0.1, 0.15) is 11.6 Å². The first-order valence-electron chi connectivity index (χ1n) is 9.22. The molecule has 1 aromatic heterocycles. The molecule has 2 heterocycles. The Labute approximate surface area is 159 Å². The van der Waals surface area contributed by atoms with Crippen LogP contribution in [0.25, 0.3) is 0 Å². The maximum atomic E-state index is 13.0. The fraction of sp³-hybridized carbons (Fsp3) is 0.400. The van der Waals surface area contributed by atoms with Crippen molar-refractivity contribution in [1.82, 2.24) is 15.6 Å². The number of morpholine rings is 1. The smallest absolute Gasteiger partial charge is 0.191 e. The maximum Gasteiger partial charge on any atom is 0.191 e. The van der Waals surface area contributed by atoms with Crippen molar-refractivity contribution >= 4 is 11.8 Å². The van der Waals surface area contributed by atoms with Crippen LogP contribution in [0.1, 0.15) is 11.1 Å². The summed E-state index contributed by atoms with van der Waals surface area (Å²) in [5.74, 6) is 1.51. The normalized spacial score (nSPS) is 14.9.